The predicted molar refractivity (Wildman–Crippen MR) is 90.8 cm³/mol. The molecule has 0 N–H and O–H groups in total. The van der Waals surface area contributed by atoms with E-state index in [4.69, 9.17) is 9.72 Å². The van der Waals surface area contributed by atoms with Gasteiger partial charge in [0.15, 0.2) is 0 Å². The molecular formula is C17H20N4OS. The average Bonchev–Trinajstić information content (AvgIpc) is 3.14. The summed E-state index contributed by atoms with van der Waals surface area (Å²) in [6, 6.07) is 6.21. The maximum atomic E-state index is 5.90. The fourth-order valence-corrected chi connectivity index (χ4v) is 3.85. The summed E-state index contributed by atoms with van der Waals surface area (Å²) in [6.45, 7) is 7.54. The van der Waals surface area contributed by atoms with Gasteiger partial charge in [-0.1, -0.05) is 6.07 Å². The Morgan fingerprint density at radius 1 is 1.30 bits per heavy atom. The number of pyridine rings is 1. The monoisotopic (exact) mass is 328 g/mol. The molecule has 3 aromatic heterocycles. The Kier molecular flexibility index (Phi) is 3.88. The highest BCUT2D eigenvalue weighted by atomic mass is 32.1. The first-order valence-corrected chi connectivity index (χ1v) is 8.76. The summed E-state index contributed by atoms with van der Waals surface area (Å²) in [5.41, 5.74) is 4.40. The summed E-state index contributed by atoms with van der Waals surface area (Å²) >= 11 is 1.69. The Labute approximate surface area is 139 Å². The van der Waals surface area contributed by atoms with Crippen molar-refractivity contribution in [2.75, 3.05) is 19.7 Å². The lowest BCUT2D eigenvalue weighted by Crippen LogP contribution is -2.37. The second kappa shape index (κ2) is 6.03. The average molecular weight is 328 g/mol. The fraction of sp³-hybridized carbons (Fsp3) is 0.412. The SMILES string of the molecule is Cc1csc(C2CN(Cc3cn4c(C)cccc4n3)CCO2)n1. The first kappa shape index (κ1) is 14.8. The van der Waals surface area contributed by atoms with Gasteiger partial charge in [-0.25, -0.2) is 9.97 Å². The maximum Gasteiger partial charge on any atom is 0.137 e. The van der Waals surface area contributed by atoms with Crippen LogP contribution in [0.15, 0.2) is 29.8 Å². The first-order valence-electron chi connectivity index (χ1n) is 7.88. The summed E-state index contributed by atoms with van der Waals surface area (Å²) in [4.78, 5) is 11.7. The van der Waals surface area contributed by atoms with Gasteiger partial charge in [0.25, 0.3) is 0 Å². The van der Waals surface area contributed by atoms with Crippen molar-refractivity contribution in [2.45, 2.75) is 26.5 Å². The number of morpholine rings is 1. The van der Waals surface area contributed by atoms with E-state index in [1.165, 1.54) is 5.69 Å². The van der Waals surface area contributed by atoms with Crippen LogP contribution in [0.25, 0.3) is 5.65 Å². The van der Waals surface area contributed by atoms with Crippen molar-refractivity contribution >= 4 is 17.0 Å². The van der Waals surface area contributed by atoms with E-state index in [2.05, 4.69) is 51.0 Å². The molecule has 3 aromatic rings. The molecule has 0 saturated carbocycles. The van der Waals surface area contributed by atoms with Crippen molar-refractivity contribution in [1.29, 1.82) is 0 Å². The molecule has 6 heteroatoms. The molecule has 0 aliphatic carbocycles. The Balaban J connectivity index is 1.50. The Bertz CT molecular complexity index is 825. The van der Waals surface area contributed by atoms with E-state index in [9.17, 15) is 0 Å². The molecule has 1 unspecified atom stereocenters. The third-order valence-corrected chi connectivity index (χ3v) is 5.25. The minimum atomic E-state index is 0.0845. The molecule has 1 atom stereocenters. The van der Waals surface area contributed by atoms with Gasteiger partial charge in [0.2, 0.25) is 0 Å². The molecule has 120 valence electrons. The number of aromatic nitrogens is 3. The third kappa shape index (κ3) is 3.02. The van der Waals surface area contributed by atoms with Crippen LogP contribution in [0.4, 0.5) is 0 Å². The van der Waals surface area contributed by atoms with E-state index in [1.54, 1.807) is 11.3 Å². The van der Waals surface area contributed by atoms with Crippen molar-refractivity contribution in [1.82, 2.24) is 19.3 Å². The molecule has 0 spiro atoms. The predicted octanol–water partition coefficient (Wildman–Crippen LogP) is 2.98. The van der Waals surface area contributed by atoms with Gasteiger partial charge in [-0.15, -0.1) is 11.3 Å². The Morgan fingerprint density at radius 3 is 3.00 bits per heavy atom. The van der Waals surface area contributed by atoms with Gasteiger partial charge in [-0.2, -0.15) is 0 Å². The molecule has 0 aromatic carbocycles. The smallest absolute Gasteiger partial charge is 0.137 e. The van der Waals surface area contributed by atoms with Crippen molar-refractivity contribution in [3.63, 3.8) is 0 Å². The van der Waals surface area contributed by atoms with E-state index < -0.39 is 0 Å². The van der Waals surface area contributed by atoms with Crippen LogP contribution in [0.3, 0.4) is 0 Å². The molecular weight excluding hydrogens is 308 g/mol. The van der Waals surface area contributed by atoms with Crippen molar-refractivity contribution in [2.24, 2.45) is 0 Å². The molecule has 4 heterocycles. The van der Waals surface area contributed by atoms with Crippen LogP contribution in [0, 0.1) is 13.8 Å². The number of imidazole rings is 1. The lowest BCUT2D eigenvalue weighted by Gasteiger charge is -2.31. The summed E-state index contributed by atoms with van der Waals surface area (Å²) in [6.07, 6.45) is 2.23. The number of aryl methyl sites for hydroxylation is 2. The maximum absolute atomic E-state index is 5.90. The largest absolute Gasteiger partial charge is 0.368 e. The van der Waals surface area contributed by atoms with E-state index in [1.807, 2.05) is 6.92 Å². The summed E-state index contributed by atoms with van der Waals surface area (Å²) < 4.78 is 8.05. The van der Waals surface area contributed by atoms with Crippen molar-refractivity contribution < 1.29 is 4.74 Å². The van der Waals surface area contributed by atoms with Crippen LogP contribution in [-0.2, 0) is 11.3 Å². The summed E-state index contributed by atoms with van der Waals surface area (Å²) in [5.74, 6) is 0. The Hall–Kier alpha value is -1.76. The number of ether oxygens (including phenoxy) is 1. The summed E-state index contributed by atoms with van der Waals surface area (Å²) in [7, 11) is 0. The van der Waals surface area contributed by atoms with Crippen LogP contribution >= 0.6 is 11.3 Å². The lowest BCUT2D eigenvalue weighted by atomic mass is 10.2. The zero-order valence-electron chi connectivity index (χ0n) is 13.4. The molecule has 23 heavy (non-hydrogen) atoms. The third-order valence-electron chi connectivity index (χ3n) is 4.19. The van der Waals surface area contributed by atoms with Crippen LogP contribution in [-0.4, -0.2) is 39.0 Å². The normalized spacial score (nSPS) is 19.5. The van der Waals surface area contributed by atoms with E-state index in [0.29, 0.717) is 0 Å². The van der Waals surface area contributed by atoms with Gasteiger partial charge in [-0.3, -0.25) is 4.90 Å². The van der Waals surface area contributed by atoms with Crippen molar-refractivity contribution in [3.05, 3.63) is 51.9 Å². The number of hydrogen-bond acceptors (Lipinski definition) is 5. The van der Waals surface area contributed by atoms with Crippen molar-refractivity contribution in [3.8, 4) is 0 Å². The number of nitrogens with zero attached hydrogens (tertiary/aromatic N) is 4. The minimum absolute atomic E-state index is 0.0845. The molecule has 5 nitrogen and oxygen atoms in total. The molecule has 1 aliphatic heterocycles. The molecule has 1 aliphatic rings. The molecule has 0 bridgehead atoms. The highest BCUT2D eigenvalue weighted by molar-refractivity contribution is 7.09. The highest BCUT2D eigenvalue weighted by Gasteiger charge is 2.24. The second-order valence-corrected chi connectivity index (χ2v) is 6.94. The standard InChI is InChI=1S/C17H20N4OS/c1-12-11-23-17(18-12)15-10-20(6-7-22-15)8-14-9-21-13(2)4-3-5-16(21)19-14/h3-5,9,11,15H,6-8,10H2,1-2H3. The molecule has 1 fully saturated rings. The van der Waals surface area contributed by atoms with Crippen LogP contribution in [0.2, 0.25) is 0 Å². The van der Waals surface area contributed by atoms with Crippen LogP contribution < -0.4 is 0 Å². The van der Waals surface area contributed by atoms with Gasteiger partial charge in [0.1, 0.15) is 16.8 Å². The zero-order chi connectivity index (χ0) is 15.8. The molecule has 0 amide bonds. The first-order chi connectivity index (χ1) is 11.2. The van der Waals surface area contributed by atoms with E-state index >= 15 is 0 Å². The minimum Gasteiger partial charge on any atom is -0.368 e. The molecule has 0 radical (unpaired) electrons. The van der Waals surface area contributed by atoms with E-state index in [-0.39, 0.29) is 6.10 Å². The topological polar surface area (TPSA) is 42.7 Å². The van der Waals surface area contributed by atoms with Gasteiger partial charge >= 0.3 is 0 Å². The lowest BCUT2D eigenvalue weighted by molar-refractivity contribution is -0.0333. The van der Waals surface area contributed by atoms with Crippen LogP contribution in [0.1, 0.15) is 28.2 Å². The fourth-order valence-electron chi connectivity index (χ4n) is 3.02. The molecule has 4 rings (SSSR count). The highest BCUT2D eigenvalue weighted by Crippen LogP contribution is 2.26. The van der Waals surface area contributed by atoms with Gasteiger partial charge < -0.3 is 9.14 Å². The number of fused-ring (bicyclic) bond motifs is 1. The second-order valence-electron chi connectivity index (χ2n) is 6.05. The zero-order valence-corrected chi connectivity index (χ0v) is 14.2. The van der Waals surface area contributed by atoms with Gasteiger partial charge in [0.05, 0.1) is 12.3 Å². The number of hydrogen-bond donors (Lipinski definition) is 0. The van der Waals surface area contributed by atoms with Gasteiger partial charge in [0, 0.05) is 42.6 Å². The quantitative estimate of drug-likeness (QED) is 0.741. The number of thiazole rings is 1. The molecule has 1 saturated heterocycles. The summed E-state index contributed by atoms with van der Waals surface area (Å²) in [5, 5.41) is 3.17. The Morgan fingerprint density at radius 2 is 2.22 bits per heavy atom. The van der Waals surface area contributed by atoms with Gasteiger partial charge in [-0.05, 0) is 26.0 Å². The van der Waals surface area contributed by atoms with Crippen LogP contribution in [0.5, 0.6) is 0 Å². The number of rotatable bonds is 3. The van der Waals surface area contributed by atoms with E-state index in [0.717, 1.165) is 48.3 Å².